The molecule has 0 radical (unpaired) electrons. The predicted molar refractivity (Wildman–Crippen MR) is 155 cm³/mol. The van der Waals surface area contributed by atoms with Gasteiger partial charge in [0.15, 0.2) is 11.5 Å². The second-order valence-electron chi connectivity index (χ2n) is 8.46. The molecule has 2 N–H and O–H groups in total. The second-order valence-corrected chi connectivity index (χ2v) is 9.44. The summed E-state index contributed by atoms with van der Waals surface area (Å²) in [6.07, 6.45) is 3.30. The van der Waals surface area contributed by atoms with Crippen LogP contribution in [0.4, 0.5) is 5.13 Å². The molecule has 4 aromatic rings. The van der Waals surface area contributed by atoms with Crippen molar-refractivity contribution < 1.29 is 28.6 Å². The summed E-state index contributed by atoms with van der Waals surface area (Å²) in [6.45, 7) is 2.70. The third-order valence-electron chi connectivity index (χ3n) is 5.50. The summed E-state index contributed by atoms with van der Waals surface area (Å²) in [6, 6.07) is 20.7. The van der Waals surface area contributed by atoms with E-state index in [1.165, 1.54) is 19.4 Å². The topological polar surface area (TPSA) is 141 Å². The number of hydrazone groups is 1. The molecule has 1 aromatic heterocycles. The third-order valence-corrected chi connectivity index (χ3v) is 6.39. The average molecular weight is 574 g/mol. The molecule has 0 saturated carbocycles. The van der Waals surface area contributed by atoms with Crippen LogP contribution in [0.15, 0.2) is 77.9 Å². The fraction of sp³-hybridized carbons (Fsp3) is 0.172. The lowest BCUT2D eigenvalue weighted by Gasteiger charge is -2.10. The Labute approximate surface area is 240 Å². The lowest BCUT2D eigenvalue weighted by molar-refractivity contribution is -0.136. The Morgan fingerprint density at radius 1 is 0.951 bits per heavy atom. The molecule has 0 aliphatic rings. The van der Waals surface area contributed by atoms with Gasteiger partial charge in [-0.3, -0.25) is 14.9 Å². The number of esters is 1. The van der Waals surface area contributed by atoms with Gasteiger partial charge in [0.2, 0.25) is 5.13 Å². The molecular formula is C29H27N5O6S. The smallest absolute Gasteiger partial charge is 0.343 e. The number of anilines is 1. The molecular weight excluding hydrogens is 546 g/mol. The molecule has 3 aromatic carbocycles. The van der Waals surface area contributed by atoms with E-state index in [0.29, 0.717) is 28.5 Å². The van der Waals surface area contributed by atoms with Crippen molar-refractivity contribution in [1.82, 2.24) is 15.6 Å². The summed E-state index contributed by atoms with van der Waals surface area (Å²) in [7, 11) is 1.43. The normalized spacial score (nSPS) is 10.7. The largest absolute Gasteiger partial charge is 0.494 e. The van der Waals surface area contributed by atoms with E-state index >= 15 is 0 Å². The van der Waals surface area contributed by atoms with Crippen molar-refractivity contribution in [2.24, 2.45) is 5.10 Å². The Bertz CT molecular complexity index is 1520. The van der Waals surface area contributed by atoms with Crippen LogP contribution in [0.2, 0.25) is 0 Å². The first-order valence-corrected chi connectivity index (χ1v) is 13.4. The van der Waals surface area contributed by atoms with Crippen molar-refractivity contribution >= 4 is 40.5 Å². The number of nitrogens with zero attached hydrogens (tertiary/aromatic N) is 3. The minimum Gasteiger partial charge on any atom is -0.494 e. The minimum atomic E-state index is -0.989. The number of carbonyl (C=O) groups excluding carboxylic acids is 3. The number of ether oxygens (including phenoxy) is 3. The Hall–Kier alpha value is -5.10. The third kappa shape index (κ3) is 8.19. The van der Waals surface area contributed by atoms with E-state index in [-0.39, 0.29) is 16.6 Å². The number of rotatable bonds is 11. The van der Waals surface area contributed by atoms with Crippen LogP contribution in [0.5, 0.6) is 17.2 Å². The monoisotopic (exact) mass is 573 g/mol. The Balaban J connectivity index is 1.30. The Morgan fingerprint density at radius 3 is 2.46 bits per heavy atom. The van der Waals surface area contributed by atoms with E-state index in [0.717, 1.165) is 29.7 Å². The first kappa shape index (κ1) is 28.9. The maximum atomic E-state index is 12.6. The van der Waals surface area contributed by atoms with Crippen LogP contribution in [0, 0.1) is 0 Å². The zero-order valence-electron chi connectivity index (χ0n) is 22.3. The maximum Gasteiger partial charge on any atom is 0.343 e. The van der Waals surface area contributed by atoms with Gasteiger partial charge in [-0.05, 0) is 54.4 Å². The summed E-state index contributed by atoms with van der Waals surface area (Å²) in [4.78, 5) is 37.0. The summed E-state index contributed by atoms with van der Waals surface area (Å²) in [5.74, 6) is -1.34. The molecule has 0 bridgehead atoms. The molecule has 1 heterocycles. The number of benzene rings is 3. The number of carbonyl (C=O) groups is 3. The molecule has 0 fully saturated rings. The minimum absolute atomic E-state index is 0.180. The van der Waals surface area contributed by atoms with Crippen molar-refractivity contribution in [3.8, 4) is 27.8 Å². The first-order chi connectivity index (χ1) is 20.0. The molecule has 0 aliphatic heterocycles. The number of methoxy groups -OCH3 is 1. The van der Waals surface area contributed by atoms with Gasteiger partial charge in [-0.2, -0.15) is 5.10 Å². The van der Waals surface area contributed by atoms with Crippen molar-refractivity contribution in [2.45, 2.75) is 19.8 Å². The van der Waals surface area contributed by atoms with E-state index < -0.39 is 17.8 Å². The fourth-order valence-electron chi connectivity index (χ4n) is 3.37. The Kier molecular flexibility index (Phi) is 10.1. The molecule has 41 heavy (non-hydrogen) atoms. The average Bonchev–Trinajstić information content (AvgIpc) is 3.47. The van der Waals surface area contributed by atoms with Gasteiger partial charge in [-0.15, -0.1) is 10.2 Å². The SMILES string of the molecule is CCCCOc1ccc(C(=O)Oc2ccc(/C=N/NC(=O)C(=O)Nc3nnc(-c4ccccc4)s3)cc2OC)cc1. The van der Waals surface area contributed by atoms with Crippen molar-refractivity contribution in [2.75, 3.05) is 19.0 Å². The summed E-state index contributed by atoms with van der Waals surface area (Å²) >= 11 is 1.14. The van der Waals surface area contributed by atoms with Crippen LogP contribution < -0.4 is 25.0 Å². The van der Waals surface area contributed by atoms with E-state index in [1.807, 2.05) is 30.3 Å². The quantitative estimate of drug-likeness (QED) is 0.0657. The number of hydrogen-bond acceptors (Lipinski definition) is 10. The molecule has 210 valence electrons. The van der Waals surface area contributed by atoms with Gasteiger partial charge in [0.05, 0.1) is 25.5 Å². The molecule has 0 atom stereocenters. The first-order valence-electron chi connectivity index (χ1n) is 12.6. The maximum absolute atomic E-state index is 12.6. The molecule has 4 rings (SSSR count). The fourth-order valence-corrected chi connectivity index (χ4v) is 4.11. The van der Waals surface area contributed by atoms with Crippen LogP contribution in [-0.2, 0) is 9.59 Å². The molecule has 0 aliphatic carbocycles. The van der Waals surface area contributed by atoms with Crippen LogP contribution in [0.1, 0.15) is 35.7 Å². The highest BCUT2D eigenvalue weighted by Gasteiger charge is 2.17. The lowest BCUT2D eigenvalue weighted by atomic mass is 10.2. The van der Waals surface area contributed by atoms with E-state index in [2.05, 4.69) is 33.0 Å². The second kappa shape index (κ2) is 14.3. The summed E-state index contributed by atoms with van der Waals surface area (Å²) in [5, 5.41) is 14.9. The number of hydrogen-bond donors (Lipinski definition) is 2. The molecule has 12 heteroatoms. The van der Waals surface area contributed by atoms with E-state index in [4.69, 9.17) is 14.2 Å². The Morgan fingerprint density at radius 2 is 1.73 bits per heavy atom. The summed E-state index contributed by atoms with van der Waals surface area (Å²) in [5.41, 5.74) is 3.87. The van der Waals surface area contributed by atoms with Crippen LogP contribution in [0.25, 0.3) is 10.6 Å². The number of nitrogens with one attached hydrogen (secondary N) is 2. The van der Waals surface area contributed by atoms with Gasteiger partial charge in [0, 0.05) is 5.56 Å². The zero-order valence-corrected chi connectivity index (χ0v) is 23.1. The molecule has 11 nitrogen and oxygen atoms in total. The molecule has 0 spiro atoms. The standard InChI is InChI=1S/C29H27N5O6S/c1-3-4-16-39-22-13-11-21(12-14-22)28(37)40-23-15-10-19(17-24(23)38-2)18-30-32-26(36)25(35)31-29-34-33-27(41-29)20-8-6-5-7-9-20/h5-15,17-18H,3-4,16H2,1-2H3,(H,32,36)(H,31,34,35)/b30-18+. The zero-order chi connectivity index (χ0) is 29.0. The van der Waals surface area contributed by atoms with Gasteiger partial charge < -0.3 is 14.2 Å². The molecule has 2 amide bonds. The van der Waals surface area contributed by atoms with Gasteiger partial charge in [-0.1, -0.05) is 55.0 Å². The van der Waals surface area contributed by atoms with E-state index in [9.17, 15) is 14.4 Å². The van der Waals surface area contributed by atoms with Crippen LogP contribution in [-0.4, -0.2) is 47.9 Å². The van der Waals surface area contributed by atoms with Crippen LogP contribution >= 0.6 is 11.3 Å². The predicted octanol–water partition coefficient (Wildman–Crippen LogP) is 4.70. The highest BCUT2D eigenvalue weighted by molar-refractivity contribution is 7.18. The molecule has 0 unspecified atom stereocenters. The number of amides is 2. The van der Waals surface area contributed by atoms with Crippen molar-refractivity contribution in [1.29, 1.82) is 0 Å². The van der Waals surface area contributed by atoms with Crippen LogP contribution in [0.3, 0.4) is 0 Å². The highest BCUT2D eigenvalue weighted by atomic mass is 32.1. The lowest BCUT2D eigenvalue weighted by Crippen LogP contribution is -2.32. The van der Waals surface area contributed by atoms with Crippen molar-refractivity contribution in [3.63, 3.8) is 0 Å². The van der Waals surface area contributed by atoms with Gasteiger partial charge in [-0.25, -0.2) is 10.2 Å². The number of aromatic nitrogens is 2. The van der Waals surface area contributed by atoms with Gasteiger partial charge in [0.25, 0.3) is 0 Å². The van der Waals surface area contributed by atoms with Crippen molar-refractivity contribution in [3.05, 3.63) is 83.9 Å². The van der Waals surface area contributed by atoms with Gasteiger partial charge >= 0.3 is 17.8 Å². The number of unbranched alkanes of at least 4 members (excludes halogenated alkanes) is 1. The summed E-state index contributed by atoms with van der Waals surface area (Å²) < 4.78 is 16.4. The van der Waals surface area contributed by atoms with Gasteiger partial charge in [0.1, 0.15) is 10.8 Å². The molecule has 0 saturated heterocycles. The highest BCUT2D eigenvalue weighted by Crippen LogP contribution is 2.29. The van der Waals surface area contributed by atoms with E-state index in [1.54, 1.807) is 36.4 Å².